The molecule has 0 amide bonds. The summed E-state index contributed by atoms with van der Waals surface area (Å²) in [5.74, 6) is -8.91. The molecular formula is C5H6F5. The topological polar surface area (TPSA) is 0 Å². The zero-order valence-corrected chi connectivity index (χ0v) is 5.01. The van der Waals surface area contributed by atoms with E-state index in [1.807, 2.05) is 0 Å². The Morgan fingerprint density at radius 3 is 1.50 bits per heavy atom. The highest BCUT2D eigenvalue weighted by Crippen LogP contribution is 2.36. The molecule has 1 radical (unpaired) electrons. The molecule has 0 unspecified atom stereocenters. The van der Waals surface area contributed by atoms with E-state index >= 15 is 0 Å². The van der Waals surface area contributed by atoms with Crippen LogP contribution in [0.1, 0.15) is 6.42 Å². The van der Waals surface area contributed by atoms with Crippen LogP contribution in [-0.2, 0) is 0 Å². The van der Waals surface area contributed by atoms with Gasteiger partial charge in [-0.3, -0.25) is 0 Å². The minimum atomic E-state index is -4.57. The van der Waals surface area contributed by atoms with Gasteiger partial charge in [-0.1, -0.05) is 0 Å². The van der Waals surface area contributed by atoms with E-state index in [1.165, 1.54) is 0 Å². The number of hydrogen-bond donors (Lipinski definition) is 0. The van der Waals surface area contributed by atoms with Crippen molar-refractivity contribution in [2.45, 2.75) is 18.3 Å². The molecule has 0 atom stereocenters. The van der Waals surface area contributed by atoms with Crippen molar-refractivity contribution >= 4 is 0 Å². The van der Waals surface area contributed by atoms with Gasteiger partial charge in [0.2, 0.25) is 0 Å². The Labute approximate surface area is 55.0 Å². The summed E-state index contributed by atoms with van der Waals surface area (Å²) in [5.41, 5.74) is 0. The average Bonchev–Trinajstić information content (AvgIpc) is 1.88. The van der Waals surface area contributed by atoms with Crippen LogP contribution in [0.5, 0.6) is 0 Å². The van der Waals surface area contributed by atoms with E-state index in [9.17, 15) is 22.0 Å². The zero-order chi connectivity index (χ0) is 8.41. The molecule has 10 heavy (non-hydrogen) atoms. The average molecular weight is 161 g/mol. The maximum absolute atomic E-state index is 11.9. The van der Waals surface area contributed by atoms with Crippen molar-refractivity contribution in [3.8, 4) is 0 Å². The molecule has 5 heteroatoms. The van der Waals surface area contributed by atoms with Gasteiger partial charge in [0, 0.05) is 6.42 Å². The molecule has 0 aromatic rings. The highest BCUT2D eigenvalue weighted by atomic mass is 19.3. The zero-order valence-electron chi connectivity index (χ0n) is 5.01. The maximum atomic E-state index is 11.9. The second-order valence-electron chi connectivity index (χ2n) is 1.79. The summed E-state index contributed by atoms with van der Waals surface area (Å²) in [5, 5.41) is 0. The van der Waals surface area contributed by atoms with Crippen molar-refractivity contribution < 1.29 is 22.0 Å². The van der Waals surface area contributed by atoms with Gasteiger partial charge < -0.3 is 0 Å². The number of hydrogen-bond acceptors (Lipinski definition) is 0. The minimum absolute atomic E-state index is 1.30. The fourth-order valence-corrected chi connectivity index (χ4v) is 0.281. The summed E-state index contributed by atoms with van der Waals surface area (Å²) in [6.45, 7) is 0.223. The Kier molecular flexibility index (Phi) is 2.62. The van der Waals surface area contributed by atoms with Gasteiger partial charge >= 0.3 is 11.8 Å². The maximum Gasteiger partial charge on any atom is 0.337 e. The van der Waals surface area contributed by atoms with E-state index in [-0.39, 0.29) is 0 Å². The van der Waals surface area contributed by atoms with Crippen LogP contribution in [0.3, 0.4) is 0 Å². The van der Waals surface area contributed by atoms with Crippen LogP contribution in [-0.4, -0.2) is 18.5 Å². The predicted molar refractivity (Wildman–Crippen MR) is 25.8 cm³/mol. The highest BCUT2D eigenvalue weighted by molar-refractivity contribution is 4.84. The Hall–Kier alpha value is -0.350. The molecule has 0 spiro atoms. The first-order chi connectivity index (χ1) is 4.37. The van der Waals surface area contributed by atoms with Crippen LogP contribution < -0.4 is 0 Å². The smallest absolute Gasteiger partial charge is 0.244 e. The fourth-order valence-electron chi connectivity index (χ4n) is 0.281. The number of rotatable bonds is 3. The van der Waals surface area contributed by atoms with E-state index in [1.54, 1.807) is 0 Å². The molecule has 0 aliphatic carbocycles. The first kappa shape index (κ1) is 9.65. The fraction of sp³-hybridized carbons (Fsp3) is 0.800. The Bertz CT molecular complexity index is 94.6. The van der Waals surface area contributed by atoms with E-state index in [2.05, 4.69) is 6.92 Å². The molecule has 0 saturated carbocycles. The van der Waals surface area contributed by atoms with Crippen LogP contribution in [0.2, 0.25) is 0 Å². The summed E-state index contributed by atoms with van der Waals surface area (Å²) < 4.78 is 58.5. The largest absolute Gasteiger partial charge is 0.337 e. The van der Waals surface area contributed by atoms with Crippen molar-refractivity contribution in [3.05, 3.63) is 6.92 Å². The van der Waals surface area contributed by atoms with Crippen molar-refractivity contribution in [1.29, 1.82) is 0 Å². The monoisotopic (exact) mass is 161 g/mol. The van der Waals surface area contributed by atoms with Gasteiger partial charge in [0.05, 0.1) is 0 Å². The van der Waals surface area contributed by atoms with Crippen molar-refractivity contribution in [3.63, 3.8) is 0 Å². The van der Waals surface area contributed by atoms with Crippen molar-refractivity contribution in [2.24, 2.45) is 0 Å². The minimum Gasteiger partial charge on any atom is -0.244 e. The molecule has 0 N–H and O–H groups in total. The summed E-state index contributed by atoms with van der Waals surface area (Å²) in [7, 11) is 0. The van der Waals surface area contributed by atoms with E-state index in [0.29, 0.717) is 0 Å². The first-order valence-electron chi connectivity index (χ1n) is 2.48. The van der Waals surface area contributed by atoms with Crippen LogP contribution in [0.25, 0.3) is 0 Å². The molecule has 0 saturated heterocycles. The predicted octanol–water partition coefficient (Wildman–Crippen LogP) is 2.45. The third-order valence-electron chi connectivity index (χ3n) is 1.02. The van der Waals surface area contributed by atoms with Crippen molar-refractivity contribution in [2.75, 3.05) is 6.67 Å². The number of alkyl halides is 5. The van der Waals surface area contributed by atoms with Gasteiger partial charge in [-0.2, -0.15) is 17.6 Å². The number of halogens is 5. The standard InChI is InChI=1S/C5H6F5/c1-2-4(7,8)5(9,10)3-6/h1-3H2. The van der Waals surface area contributed by atoms with Gasteiger partial charge in [-0.15, -0.1) is 0 Å². The van der Waals surface area contributed by atoms with Gasteiger partial charge in [0.15, 0.2) is 6.67 Å². The van der Waals surface area contributed by atoms with Crippen molar-refractivity contribution in [1.82, 2.24) is 0 Å². The third-order valence-corrected chi connectivity index (χ3v) is 1.02. The van der Waals surface area contributed by atoms with Crippen LogP contribution in [0.4, 0.5) is 22.0 Å². The Balaban J connectivity index is 4.28. The molecule has 61 valence electrons. The normalized spacial score (nSPS) is 13.8. The summed E-state index contributed by atoms with van der Waals surface area (Å²) in [4.78, 5) is 0. The van der Waals surface area contributed by atoms with Gasteiger partial charge in [-0.25, -0.2) is 4.39 Å². The quantitative estimate of drug-likeness (QED) is 0.557. The summed E-state index contributed by atoms with van der Waals surface area (Å²) in [6.07, 6.45) is -1.30. The summed E-state index contributed by atoms with van der Waals surface area (Å²) >= 11 is 0. The lowest BCUT2D eigenvalue weighted by Gasteiger charge is -2.21. The third kappa shape index (κ3) is 1.58. The van der Waals surface area contributed by atoms with Gasteiger partial charge in [0.1, 0.15) is 0 Å². The van der Waals surface area contributed by atoms with E-state index in [0.717, 1.165) is 0 Å². The van der Waals surface area contributed by atoms with Gasteiger partial charge in [0.25, 0.3) is 0 Å². The second-order valence-corrected chi connectivity index (χ2v) is 1.79. The SMILES string of the molecule is [CH2]CC(F)(F)C(F)(F)CF. The molecule has 0 bridgehead atoms. The lowest BCUT2D eigenvalue weighted by molar-refractivity contribution is -0.213. The van der Waals surface area contributed by atoms with E-state index in [4.69, 9.17) is 0 Å². The molecule has 0 aromatic carbocycles. The van der Waals surface area contributed by atoms with Crippen LogP contribution >= 0.6 is 0 Å². The molecule has 0 nitrogen and oxygen atoms in total. The molecule has 0 aliphatic heterocycles. The summed E-state index contributed by atoms with van der Waals surface area (Å²) in [6, 6.07) is 0. The Morgan fingerprint density at radius 1 is 1.00 bits per heavy atom. The molecule has 0 aromatic heterocycles. The molecule has 0 aliphatic rings. The lowest BCUT2D eigenvalue weighted by atomic mass is 10.1. The van der Waals surface area contributed by atoms with Crippen LogP contribution in [0.15, 0.2) is 0 Å². The highest BCUT2D eigenvalue weighted by Gasteiger charge is 2.54. The first-order valence-corrected chi connectivity index (χ1v) is 2.48. The van der Waals surface area contributed by atoms with Gasteiger partial charge in [-0.05, 0) is 6.92 Å². The molecule has 0 heterocycles. The molecular weight excluding hydrogens is 155 g/mol. The lowest BCUT2D eigenvalue weighted by Crippen LogP contribution is -2.41. The van der Waals surface area contributed by atoms with Crippen LogP contribution in [0, 0.1) is 6.92 Å². The van der Waals surface area contributed by atoms with E-state index < -0.39 is 24.9 Å². The molecule has 0 rings (SSSR count). The Morgan fingerprint density at radius 2 is 1.40 bits per heavy atom. The second kappa shape index (κ2) is 2.72. The molecule has 0 fully saturated rings.